The highest BCUT2D eigenvalue weighted by molar-refractivity contribution is 9.10. The molecule has 0 unspecified atom stereocenters. The van der Waals surface area contributed by atoms with Crippen LogP contribution in [0, 0.1) is 0 Å². The van der Waals surface area contributed by atoms with Gasteiger partial charge in [0.25, 0.3) is 5.91 Å². The second-order valence-electron chi connectivity index (χ2n) is 5.25. The van der Waals surface area contributed by atoms with Crippen molar-refractivity contribution in [2.75, 3.05) is 13.2 Å². The number of nitrogens with zero attached hydrogens (tertiary/aromatic N) is 1. The van der Waals surface area contributed by atoms with Crippen molar-refractivity contribution in [2.45, 2.75) is 44.1 Å². The molecule has 1 saturated carbocycles. The van der Waals surface area contributed by atoms with Gasteiger partial charge in [0.05, 0.1) is 16.3 Å². The molecule has 6 heteroatoms. The Balaban J connectivity index is 1.51. The predicted molar refractivity (Wildman–Crippen MR) is 74.2 cm³/mol. The maximum atomic E-state index is 12.0. The van der Waals surface area contributed by atoms with Gasteiger partial charge in [0.15, 0.2) is 5.69 Å². The minimum atomic E-state index is -0.118. The van der Waals surface area contributed by atoms with E-state index in [1.165, 1.54) is 12.8 Å². The van der Waals surface area contributed by atoms with Crippen molar-refractivity contribution in [2.24, 2.45) is 0 Å². The van der Waals surface area contributed by atoms with E-state index in [1.54, 1.807) is 0 Å². The average Bonchev–Trinajstić information content (AvgIpc) is 2.96. The number of H-pyrrole nitrogens is 1. The summed E-state index contributed by atoms with van der Waals surface area (Å²) in [4.78, 5) is 12.0. The summed E-state index contributed by atoms with van der Waals surface area (Å²) in [5.41, 5.74) is 1.53. The summed E-state index contributed by atoms with van der Waals surface area (Å²) in [5, 5.41) is 9.99. The number of carbonyl (C=O) groups excluding carboxylic acids is 1. The molecule has 19 heavy (non-hydrogen) atoms. The van der Waals surface area contributed by atoms with Crippen LogP contribution in [-0.2, 0) is 4.74 Å². The van der Waals surface area contributed by atoms with Gasteiger partial charge in [-0.2, -0.15) is 5.10 Å². The molecule has 0 spiro atoms. The number of hydrogen-bond donors (Lipinski definition) is 2. The number of ether oxygens (including phenoxy) is 1. The monoisotopic (exact) mass is 327 g/mol. The van der Waals surface area contributed by atoms with Crippen LogP contribution in [0.15, 0.2) is 4.47 Å². The average molecular weight is 328 g/mol. The van der Waals surface area contributed by atoms with Crippen molar-refractivity contribution >= 4 is 21.8 Å². The number of amides is 1. The van der Waals surface area contributed by atoms with Crippen molar-refractivity contribution in [3.05, 3.63) is 15.9 Å². The van der Waals surface area contributed by atoms with Gasteiger partial charge in [-0.3, -0.25) is 9.89 Å². The summed E-state index contributed by atoms with van der Waals surface area (Å²) >= 11 is 3.47. The fourth-order valence-corrected chi connectivity index (χ4v) is 3.12. The van der Waals surface area contributed by atoms with E-state index < -0.39 is 0 Å². The van der Waals surface area contributed by atoms with Crippen LogP contribution in [0.5, 0.6) is 0 Å². The Morgan fingerprint density at radius 2 is 2.32 bits per heavy atom. The number of aromatic nitrogens is 2. The quantitative estimate of drug-likeness (QED) is 0.872. The minimum absolute atomic E-state index is 0.118. The molecule has 1 atom stereocenters. The first-order chi connectivity index (χ1) is 9.25. The van der Waals surface area contributed by atoms with E-state index in [-0.39, 0.29) is 5.91 Å². The van der Waals surface area contributed by atoms with E-state index in [4.69, 9.17) is 4.74 Å². The molecular formula is C13H18BrN3O2. The summed E-state index contributed by atoms with van der Waals surface area (Å²) in [5.74, 6) is 0.434. The molecule has 0 bridgehead atoms. The zero-order valence-electron chi connectivity index (χ0n) is 10.7. The molecule has 104 valence electrons. The maximum Gasteiger partial charge on any atom is 0.272 e. The second kappa shape index (κ2) is 5.63. The normalized spacial score (nSPS) is 22.7. The standard InChI is InChI=1S/C13H18BrN3O2/c14-10-11(8-3-4-8)16-17-12(10)13(18)15-6-5-9-2-1-7-19-9/h8-9H,1-7H2,(H,15,18)(H,16,17)/t9-/m0/s1. The Kier molecular flexibility index (Phi) is 3.88. The van der Waals surface area contributed by atoms with E-state index in [1.807, 2.05) is 0 Å². The van der Waals surface area contributed by atoms with Crippen LogP contribution in [0.4, 0.5) is 0 Å². The predicted octanol–water partition coefficient (Wildman–Crippen LogP) is 2.35. The lowest BCUT2D eigenvalue weighted by molar-refractivity contribution is 0.0902. The van der Waals surface area contributed by atoms with Crippen molar-refractivity contribution in [1.82, 2.24) is 15.5 Å². The van der Waals surface area contributed by atoms with Crippen molar-refractivity contribution in [1.29, 1.82) is 0 Å². The Bertz CT molecular complexity index is 464. The summed E-state index contributed by atoms with van der Waals surface area (Å²) < 4.78 is 6.35. The molecule has 1 amide bonds. The molecule has 5 nitrogen and oxygen atoms in total. The fourth-order valence-electron chi connectivity index (χ4n) is 2.44. The molecule has 1 aliphatic heterocycles. The first-order valence-corrected chi connectivity index (χ1v) is 7.68. The summed E-state index contributed by atoms with van der Waals surface area (Å²) in [6, 6.07) is 0. The fraction of sp³-hybridized carbons (Fsp3) is 0.692. The smallest absolute Gasteiger partial charge is 0.272 e. The second-order valence-corrected chi connectivity index (χ2v) is 6.05. The Hall–Kier alpha value is -0.880. The van der Waals surface area contributed by atoms with Crippen molar-refractivity contribution < 1.29 is 9.53 Å². The minimum Gasteiger partial charge on any atom is -0.378 e. The summed E-state index contributed by atoms with van der Waals surface area (Å²) in [6.45, 7) is 1.50. The first kappa shape index (κ1) is 13.1. The Morgan fingerprint density at radius 3 is 3.00 bits per heavy atom. The number of carbonyl (C=O) groups is 1. The number of rotatable bonds is 5. The molecule has 1 aromatic rings. The van der Waals surface area contributed by atoms with Crippen LogP contribution in [0.1, 0.15) is 54.2 Å². The first-order valence-electron chi connectivity index (χ1n) is 6.89. The zero-order chi connectivity index (χ0) is 13.2. The largest absolute Gasteiger partial charge is 0.378 e. The van der Waals surface area contributed by atoms with E-state index >= 15 is 0 Å². The van der Waals surface area contributed by atoms with Crippen LogP contribution >= 0.6 is 15.9 Å². The van der Waals surface area contributed by atoms with Gasteiger partial charge in [0, 0.05) is 19.1 Å². The van der Waals surface area contributed by atoms with Gasteiger partial charge in [-0.1, -0.05) is 0 Å². The Labute approximate surface area is 120 Å². The highest BCUT2D eigenvalue weighted by Gasteiger charge is 2.30. The molecular weight excluding hydrogens is 310 g/mol. The number of halogens is 1. The van der Waals surface area contributed by atoms with Gasteiger partial charge in [-0.15, -0.1) is 0 Å². The topological polar surface area (TPSA) is 67.0 Å². The van der Waals surface area contributed by atoms with E-state index in [2.05, 4.69) is 31.4 Å². The van der Waals surface area contributed by atoms with Gasteiger partial charge in [-0.05, 0) is 48.0 Å². The lowest BCUT2D eigenvalue weighted by Crippen LogP contribution is -2.27. The summed E-state index contributed by atoms with van der Waals surface area (Å²) in [6.07, 6.45) is 5.79. The van der Waals surface area contributed by atoms with Crippen LogP contribution in [0.2, 0.25) is 0 Å². The molecule has 0 radical (unpaired) electrons. The number of aromatic amines is 1. The molecule has 3 rings (SSSR count). The molecule has 0 aromatic carbocycles. The van der Waals surface area contributed by atoms with Gasteiger partial charge in [-0.25, -0.2) is 0 Å². The summed E-state index contributed by atoms with van der Waals surface area (Å²) in [7, 11) is 0. The molecule has 1 saturated heterocycles. The Morgan fingerprint density at radius 1 is 1.47 bits per heavy atom. The van der Waals surface area contributed by atoms with Gasteiger partial charge in [0.2, 0.25) is 0 Å². The highest BCUT2D eigenvalue weighted by atomic mass is 79.9. The van der Waals surface area contributed by atoms with Crippen molar-refractivity contribution in [3.8, 4) is 0 Å². The van der Waals surface area contributed by atoms with Crippen molar-refractivity contribution in [3.63, 3.8) is 0 Å². The number of nitrogens with one attached hydrogen (secondary N) is 2. The molecule has 2 N–H and O–H groups in total. The van der Waals surface area contributed by atoms with Crippen LogP contribution in [-0.4, -0.2) is 35.4 Å². The zero-order valence-corrected chi connectivity index (χ0v) is 12.3. The van der Waals surface area contributed by atoms with Gasteiger partial charge < -0.3 is 10.1 Å². The van der Waals surface area contributed by atoms with Gasteiger partial charge >= 0.3 is 0 Å². The van der Waals surface area contributed by atoms with Crippen LogP contribution in [0.3, 0.4) is 0 Å². The highest BCUT2D eigenvalue weighted by Crippen LogP contribution is 2.42. The molecule has 1 aliphatic carbocycles. The maximum absolute atomic E-state index is 12.0. The lowest BCUT2D eigenvalue weighted by Gasteiger charge is -2.09. The van der Waals surface area contributed by atoms with Crippen LogP contribution < -0.4 is 5.32 Å². The SMILES string of the molecule is O=C(NCC[C@@H]1CCCO1)c1n[nH]c(C2CC2)c1Br. The number of hydrogen-bond acceptors (Lipinski definition) is 3. The third-order valence-electron chi connectivity index (χ3n) is 3.71. The molecule has 2 fully saturated rings. The third-order valence-corrected chi connectivity index (χ3v) is 4.51. The molecule has 1 aromatic heterocycles. The molecule has 2 heterocycles. The van der Waals surface area contributed by atoms with Gasteiger partial charge in [0.1, 0.15) is 0 Å². The van der Waals surface area contributed by atoms with E-state index in [0.717, 1.165) is 36.0 Å². The lowest BCUT2D eigenvalue weighted by atomic mass is 10.2. The van der Waals surface area contributed by atoms with E-state index in [9.17, 15) is 4.79 Å². The van der Waals surface area contributed by atoms with Crippen LogP contribution in [0.25, 0.3) is 0 Å². The van der Waals surface area contributed by atoms with E-state index in [0.29, 0.717) is 24.3 Å². The molecule has 2 aliphatic rings. The third kappa shape index (κ3) is 3.00.